The molecule has 6 nitrogen and oxygen atoms in total. The molecule has 0 radical (unpaired) electrons. The molecule has 2 aromatic rings. The highest BCUT2D eigenvalue weighted by Crippen LogP contribution is 2.30. The minimum atomic E-state index is -0.846. The Hall–Kier alpha value is -2.28. The zero-order chi connectivity index (χ0) is 17.0. The highest BCUT2D eigenvalue weighted by molar-refractivity contribution is 8.00. The van der Waals surface area contributed by atoms with Crippen molar-refractivity contribution in [2.75, 3.05) is 0 Å². The van der Waals surface area contributed by atoms with Gasteiger partial charge in [-0.05, 0) is 18.1 Å². The molecular formula is C16H20N4O2S. The van der Waals surface area contributed by atoms with Gasteiger partial charge in [0.05, 0.1) is 16.3 Å². The Bertz CT molecular complexity index is 739. The molecule has 3 amide bonds. The number of primary amides is 1. The lowest BCUT2D eigenvalue weighted by Gasteiger charge is -2.18. The van der Waals surface area contributed by atoms with Crippen LogP contribution in [-0.2, 0) is 11.3 Å². The lowest BCUT2D eigenvalue weighted by atomic mass is 10.1. The van der Waals surface area contributed by atoms with Crippen molar-refractivity contribution >= 4 is 34.7 Å². The van der Waals surface area contributed by atoms with Gasteiger partial charge in [0, 0.05) is 6.54 Å². The Kier molecular flexibility index (Phi) is 5.44. The molecule has 0 aliphatic rings. The van der Waals surface area contributed by atoms with Crippen LogP contribution in [0.15, 0.2) is 42.1 Å². The standard InChI is InChI=1S/C16H20N4O2S/c1-4-9-20-12-8-6-5-7-11(12)18-16(20)23-13(10(2)3)14(21)19-15(17)22/h4-8,10,13H,1,9H2,2-3H3,(H3,17,19,21,22)/t13-/m0/s1. The largest absolute Gasteiger partial charge is 0.351 e. The van der Waals surface area contributed by atoms with E-state index in [1.807, 2.05) is 42.7 Å². The summed E-state index contributed by atoms with van der Waals surface area (Å²) in [7, 11) is 0. The number of rotatable bonds is 6. The molecule has 0 saturated carbocycles. The first-order valence-electron chi connectivity index (χ1n) is 7.27. The quantitative estimate of drug-likeness (QED) is 0.628. The van der Waals surface area contributed by atoms with Gasteiger partial charge in [0.1, 0.15) is 0 Å². The van der Waals surface area contributed by atoms with Crippen LogP contribution in [0.2, 0.25) is 0 Å². The lowest BCUT2D eigenvalue weighted by molar-refractivity contribution is -0.120. The van der Waals surface area contributed by atoms with Crippen molar-refractivity contribution in [3.63, 3.8) is 0 Å². The molecule has 122 valence electrons. The Morgan fingerprint density at radius 3 is 2.74 bits per heavy atom. The van der Waals surface area contributed by atoms with Crippen LogP contribution in [0, 0.1) is 5.92 Å². The van der Waals surface area contributed by atoms with Gasteiger partial charge < -0.3 is 10.3 Å². The summed E-state index contributed by atoms with van der Waals surface area (Å²) in [6, 6.07) is 6.91. The van der Waals surface area contributed by atoms with Crippen molar-refractivity contribution < 1.29 is 9.59 Å². The van der Waals surface area contributed by atoms with E-state index >= 15 is 0 Å². The zero-order valence-electron chi connectivity index (χ0n) is 13.2. The molecule has 1 aromatic heterocycles. The topological polar surface area (TPSA) is 90.0 Å². The fourth-order valence-electron chi connectivity index (χ4n) is 2.25. The number of aromatic nitrogens is 2. The number of carbonyl (C=O) groups is 2. The van der Waals surface area contributed by atoms with Crippen LogP contribution < -0.4 is 11.1 Å². The van der Waals surface area contributed by atoms with E-state index in [4.69, 9.17) is 5.73 Å². The summed E-state index contributed by atoms with van der Waals surface area (Å²) in [5.41, 5.74) is 6.88. The molecular weight excluding hydrogens is 312 g/mol. The van der Waals surface area contributed by atoms with E-state index in [1.54, 1.807) is 6.08 Å². The number of amides is 3. The maximum Gasteiger partial charge on any atom is 0.318 e. The first-order valence-corrected chi connectivity index (χ1v) is 8.15. The molecule has 0 saturated heterocycles. The van der Waals surface area contributed by atoms with Crippen molar-refractivity contribution in [2.24, 2.45) is 11.7 Å². The molecule has 0 fully saturated rings. The smallest absolute Gasteiger partial charge is 0.318 e. The predicted molar refractivity (Wildman–Crippen MR) is 92.1 cm³/mol. The van der Waals surface area contributed by atoms with Crippen LogP contribution in [0.25, 0.3) is 11.0 Å². The van der Waals surface area contributed by atoms with E-state index in [1.165, 1.54) is 11.8 Å². The number of nitrogens with two attached hydrogens (primary N) is 1. The maximum atomic E-state index is 12.2. The molecule has 1 atom stereocenters. The van der Waals surface area contributed by atoms with Gasteiger partial charge >= 0.3 is 6.03 Å². The van der Waals surface area contributed by atoms with Gasteiger partial charge in [0.2, 0.25) is 5.91 Å². The average molecular weight is 332 g/mol. The van der Waals surface area contributed by atoms with Crippen molar-refractivity contribution in [1.29, 1.82) is 0 Å². The Morgan fingerprint density at radius 1 is 1.43 bits per heavy atom. The van der Waals surface area contributed by atoms with Gasteiger partial charge in [-0.1, -0.05) is 43.8 Å². The molecule has 0 spiro atoms. The van der Waals surface area contributed by atoms with Gasteiger partial charge in [0.15, 0.2) is 5.16 Å². The van der Waals surface area contributed by atoms with E-state index in [0.29, 0.717) is 11.7 Å². The molecule has 3 N–H and O–H groups in total. The summed E-state index contributed by atoms with van der Waals surface area (Å²) in [6.07, 6.45) is 1.78. The summed E-state index contributed by atoms with van der Waals surface area (Å²) in [4.78, 5) is 27.7. The van der Waals surface area contributed by atoms with E-state index in [0.717, 1.165) is 11.0 Å². The van der Waals surface area contributed by atoms with Gasteiger partial charge in [-0.3, -0.25) is 10.1 Å². The summed E-state index contributed by atoms with van der Waals surface area (Å²) < 4.78 is 2.00. The predicted octanol–water partition coefficient (Wildman–Crippen LogP) is 2.53. The second-order valence-corrected chi connectivity index (χ2v) is 6.53. The minimum absolute atomic E-state index is 0.0105. The van der Waals surface area contributed by atoms with Crippen molar-refractivity contribution in [1.82, 2.24) is 14.9 Å². The molecule has 2 rings (SSSR count). The van der Waals surface area contributed by atoms with E-state index in [9.17, 15) is 9.59 Å². The number of imide groups is 1. The third-order valence-corrected chi connectivity index (χ3v) is 4.81. The number of para-hydroxylation sites is 2. The normalized spacial score (nSPS) is 12.3. The number of benzene rings is 1. The van der Waals surface area contributed by atoms with Crippen molar-refractivity contribution in [2.45, 2.75) is 30.8 Å². The van der Waals surface area contributed by atoms with Gasteiger partial charge in [-0.25, -0.2) is 9.78 Å². The maximum absolute atomic E-state index is 12.2. The van der Waals surface area contributed by atoms with Crippen LogP contribution in [0.5, 0.6) is 0 Å². The number of imidazole rings is 1. The SMILES string of the molecule is C=CCn1c(S[C@H](C(=O)NC(N)=O)C(C)C)nc2ccccc21. The monoisotopic (exact) mass is 332 g/mol. The number of nitrogens with zero attached hydrogens (tertiary/aromatic N) is 2. The summed E-state index contributed by atoms with van der Waals surface area (Å²) >= 11 is 1.32. The molecule has 0 unspecified atom stereocenters. The number of nitrogens with one attached hydrogen (secondary N) is 1. The van der Waals surface area contributed by atoms with E-state index in [2.05, 4.69) is 16.9 Å². The number of urea groups is 1. The molecule has 0 bridgehead atoms. The van der Waals surface area contributed by atoms with Crippen LogP contribution in [0.4, 0.5) is 4.79 Å². The summed E-state index contributed by atoms with van der Waals surface area (Å²) in [6.45, 7) is 8.19. The second-order valence-electron chi connectivity index (χ2n) is 5.42. The van der Waals surface area contributed by atoms with E-state index < -0.39 is 17.2 Å². The fourth-order valence-corrected chi connectivity index (χ4v) is 3.36. The number of hydrogen-bond acceptors (Lipinski definition) is 4. The average Bonchev–Trinajstić information content (AvgIpc) is 2.82. The Balaban J connectivity index is 2.37. The lowest BCUT2D eigenvalue weighted by Crippen LogP contribution is -2.42. The molecule has 7 heteroatoms. The van der Waals surface area contributed by atoms with Gasteiger partial charge in [0.25, 0.3) is 0 Å². The molecule has 1 heterocycles. The summed E-state index contributed by atoms with van der Waals surface area (Å²) in [5.74, 6) is -0.397. The van der Waals surface area contributed by atoms with Crippen LogP contribution in [0.1, 0.15) is 13.8 Å². The van der Waals surface area contributed by atoms with Crippen molar-refractivity contribution in [3.8, 4) is 0 Å². The van der Waals surface area contributed by atoms with Crippen LogP contribution in [-0.4, -0.2) is 26.7 Å². The number of hydrogen-bond donors (Lipinski definition) is 2. The highest BCUT2D eigenvalue weighted by atomic mass is 32.2. The Labute approximate surface area is 139 Å². The second kappa shape index (κ2) is 7.32. The molecule has 1 aromatic carbocycles. The summed E-state index contributed by atoms with van der Waals surface area (Å²) in [5, 5.41) is 2.39. The Morgan fingerprint density at radius 2 is 2.13 bits per heavy atom. The first kappa shape index (κ1) is 17.1. The van der Waals surface area contributed by atoms with Crippen LogP contribution in [0.3, 0.4) is 0 Å². The van der Waals surface area contributed by atoms with Gasteiger partial charge in [-0.15, -0.1) is 6.58 Å². The zero-order valence-corrected chi connectivity index (χ0v) is 14.0. The third kappa shape index (κ3) is 3.92. The van der Waals surface area contributed by atoms with Crippen LogP contribution >= 0.6 is 11.8 Å². The molecule has 0 aliphatic carbocycles. The highest BCUT2D eigenvalue weighted by Gasteiger charge is 2.27. The number of thioether (sulfide) groups is 1. The third-order valence-electron chi connectivity index (χ3n) is 3.27. The van der Waals surface area contributed by atoms with Gasteiger partial charge in [-0.2, -0.15) is 0 Å². The number of allylic oxidation sites excluding steroid dienone is 1. The first-order chi connectivity index (χ1) is 10.9. The van der Waals surface area contributed by atoms with Crippen molar-refractivity contribution in [3.05, 3.63) is 36.9 Å². The number of fused-ring (bicyclic) bond motifs is 1. The molecule has 0 aliphatic heterocycles. The minimum Gasteiger partial charge on any atom is -0.351 e. The molecule has 23 heavy (non-hydrogen) atoms. The van der Waals surface area contributed by atoms with E-state index in [-0.39, 0.29) is 5.92 Å². The number of carbonyl (C=O) groups excluding carboxylic acids is 2. The fraction of sp³-hybridized carbons (Fsp3) is 0.312.